The van der Waals surface area contributed by atoms with Crippen LogP contribution in [0.4, 0.5) is 0 Å². The zero-order valence-electron chi connectivity index (χ0n) is 21.3. The maximum atomic E-state index is 12.9. The summed E-state index contributed by atoms with van der Waals surface area (Å²) in [5.74, 6) is 2.55. The van der Waals surface area contributed by atoms with Crippen molar-refractivity contribution in [2.45, 2.75) is 65.7 Å². The number of nitrogens with zero attached hydrogens (tertiary/aromatic N) is 2. The van der Waals surface area contributed by atoms with Crippen LogP contribution in [0.3, 0.4) is 0 Å². The molecule has 34 heavy (non-hydrogen) atoms. The third-order valence-corrected chi connectivity index (χ3v) is 8.69. The van der Waals surface area contributed by atoms with Crippen LogP contribution in [0, 0.1) is 24.2 Å². The van der Waals surface area contributed by atoms with Crippen LogP contribution in [-0.4, -0.2) is 22.7 Å². The Bertz CT molecular complexity index is 1180. The number of fused-ring (bicyclic) bond motifs is 1. The number of hydrogen-bond donors (Lipinski definition) is 0. The van der Waals surface area contributed by atoms with E-state index in [4.69, 9.17) is 9.84 Å². The minimum absolute atomic E-state index is 0.00435. The Labute approximate surface area is 212 Å². The number of hydrogen-bond acceptors (Lipinski definition) is 3. The number of Topliss-reactive ketones (excluding diaryl/α,β-unsaturated/α-hetero) is 1. The first-order valence-electron chi connectivity index (χ1n) is 12.4. The van der Waals surface area contributed by atoms with Crippen LogP contribution >= 0.6 is 15.9 Å². The van der Waals surface area contributed by atoms with E-state index in [0.29, 0.717) is 36.4 Å². The molecule has 0 amide bonds. The second-order valence-electron chi connectivity index (χ2n) is 10.8. The molecular weight excluding hydrogens is 488 g/mol. The topological polar surface area (TPSA) is 44.1 Å². The largest absolute Gasteiger partial charge is 0.497 e. The molecule has 4 nitrogen and oxygen atoms in total. The molecule has 2 aromatic carbocycles. The van der Waals surface area contributed by atoms with Crippen LogP contribution in [0.25, 0.3) is 10.9 Å². The molecule has 182 valence electrons. The number of rotatable bonds is 7. The summed E-state index contributed by atoms with van der Waals surface area (Å²) >= 11 is 3.68. The van der Waals surface area contributed by atoms with E-state index >= 15 is 0 Å². The molecule has 0 aliphatic heterocycles. The van der Waals surface area contributed by atoms with Crippen LogP contribution in [0.15, 0.2) is 40.9 Å². The van der Waals surface area contributed by atoms with E-state index in [0.717, 1.165) is 35.0 Å². The Kier molecular flexibility index (Phi) is 7.23. The lowest BCUT2D eigenvalue weighted by Gasteiger charge is -2.42. The van der Waals surface area contributed by atoms with E-state index < -0.39 is 0 Å². The van der Waals surface area contributed by atoms with Gasteiger partial charge in [-0.25, -0.2) is 0 Å². The molecule has 1 aromatic heterocycles. The van der Waals surface area contributed by atoms with Gasteiger partial charge in [0, 0.05) is 35.4 Å². The predicted octanol–water partition coefficient (Wildman–Crippen LogP) is 7.40. The Morgan fingerprint density at radius 1 is 1.24 bits per heavy atom. The van der Waals surface area contributed by atoms with Crippen LogP contribution in [0.5, 0.6) is 5.75 Å². The molecule has 1 aliphatic carbocycles. The molecule has 0 radical (unpaired) electrons. The van der Waals surface area contributed by atoms with E-state index in [1.165, 1.54) is 22.2 Å². The fourth-order valence-electron chi connectivity index (χ4n) is 6.04. The van der Waals surface area contributed by atoms with Gasteiger partial charge >= 0.3 is 0 Å². The van der Waals surface area contributed by atoms with Gasteiger partial charge in [0.15, 0.2) is 0 Å². The third-order valence-electron chi connectivity index (χ3n) is 8.23. The van der Waals surface area contributed by atoms with Gasteiger partial charge in [0.2, 0.25) is 0 Å². The average molecular weight is 526 g/mol. The number of methoxy groups -OCH3 is 1. The van der Waals surface area contributed by atoms with E-state index in [-0.39, 0.29) is 5.41 Å². The molecule has 1 fully saturated rings. The van der Waals surface area contributed by atoms with Crippen molar-refractivity contribution in [3.8, 4) is 5.75 Å². The summed E-state index contributed by atoms with van der Waals surface area (Å²) in [4.78, 5) is 12.9. The first-order chi connectivity index (χ1) is 16.1. The van der Waals surface area contributed by atoms with E-state index in [1.807, 2.05) is 23.9 Å². The summed E-state index contributed by atoms with van der Waals surface area (Å²) in [6.45, 7) is 9.09. The summed E-state index contributed by atoms with van der Waals surface area (Å²) in [5.41, 5.74) is 4.88. The predicted molar refractivity (Wildman–Crippen MR) is 142 cm³/mol. The minimum Gasteiger partial charge on any atom is -0.497 e. The van der Waals surface area contributed by atoms with Crippen molar-refractivity contribution in [1.29, 1.82) is 0 Å². The minimum atomic E-state index is 0.00435. The van der Waals surface area contributed by atoms with Gasteiger partial charge in [-0.3, -0.25) is 9.48 Å². The zero-order valence-corrected chi connectivity index (χ0v) is 22.9. The van der Waals surface area contributed by atoms with Crippen molar-refractivity contribution in [1.82, 2.24) is 9.78 Å². The van der Waals surface area contributed by atoms with Gasteiger partial charge in [-0.1, -0.05) is 48.8 Å². The summed E-state index contributed by atoms with van der Waals surface area (Å²) in [6.07, 6.45) is 4.50. The fraction of sp³-hybridized carbons (Fsp3) is 0.517. The van der Waals surface area contributed by atoms with Crippen molar-refractivity contribution in [2.75, 3.05) is 7.11 Å². The molecule has 5 heteroatoms. The molecular formula is C29H37BrN2O2. The van der Waals surface area contributed by atoms with Crippen molar-refractivity contribution < 1.29 is 9.53 Å². The Morgan fingerprint density at radius 3 is 2.62 bits per heavy atom. The highest BCUT2D eigenvalue weighted by molar-refractivity contribution is 9.10. The zero-order chi connectivity index (χ0) is 24.6. The number of carbonyl (C=O) groups is 1. The number of benzene rings is 2. The highest BCUT2D eigenvalue weighted by Gasteiger charge is 2.40. The van der Waals surface area contributed by atoms with Crippen LogP contribution < -0.4 is 4.74 Å². The van der Waals surface area contributed by atoms with Crippen molar-refractivity contribution in [2.24, 2.45) is 24.3 Å². The molecule has 0 bridgehead atoms. The van der Waals surface area contributed by atoms with Crippen LogP contribution in [-0.2, 0) is 18.3 Å². The number of carbonyl (C=O) groups excluding carboxylic acids is 1. The van der Waals surface area contributed by atoms with Gasteiger partial charge in [-0.15, -0.1) is 0 Å². The van der Waals surface area contributed by atoms with E-state index in [1.54, 1.807) is 7.11 Å². The van der Waals surface area contributed by atoms with Gasteiger partial charge in [0.1, 0.15) is 11.5 Å². The first-order valence-corrected chi connectivity index (χ1v) is 13.2. The number of aryl methyl sites for hydroxylation is 2. The third kappa shape index (κ3) is 5.10. The fourth-order valence-corrected chi connectivity index (χ4v) is 6.53. The lowest BCUT2D eigenvalue weighted by Crippen LogP contribution is -2.37. The second kappa shape index (κ2) is 9.85. The maximum Gasteiger partial charge on any atom is 0.133 e. The Balaban J connectivity index is 1.52. The first kappa shape index (κ1) is 25.0. The molecule has 3 aromatic rings. The summed E-state index contributed by atoms with van der Waals surface area (Å²) < 4.78 is 8.34. The lowest BCUT2D eigenvalue weighted by molar-refractivity contribution is -0.126. The molecule has 4 rings (SSSR count). The lowest BCUT2D eigenvalue weighted by atomic mass is 9.61. The average Bonchev–Trinajstić information content (AvgIpc) is 3.06. The molecule has 0 saturated heterocycles. The van der Waals surface area contributed by atoms with Crippen molar-refractivity contribution in [3.63, 3.8) is 0 Å². The molecule has 4 atom stereocenters. The molecule has 1 heterocycles. The van der Waals surface area contributed by atoms with E-state index in [2.05, 4.69) is 67.9 Å². The highest BCUT2D eigenvalue weighted by atomic mass is 79.9. The SMILES string of the molecule is COc1ccc([C@H](C)CC2CC(=O)C[C@@](C)([C@@H](C)Cc3cc(Br)cc4nn(C)c(C)c34)C2)cc1. The van der Waals surface area contributed by atoms with Gasteiger partial charge < -0.3 is 4.74 Å². The summed E-state index contributed by atoms with van der Waals surface area (Å²) in [7, 11) is 3.70. The van der Waals surface area contributed by atoms with Gasteiger partial charge in [-0.2, -0.15) is 5.10 Å². The second-order valence-corrected chi connectivity index (χ2v) is 11.7. The maximum absolute atomic E-state index is 12.9. The number of ketones is 1. The highest BCUT2D eigenvalue weighted by Crippen LogP contribution is 2.47. The number of halogens is 1. The molecule has 0 spiro atoms. The monoisotopic (exact) mass is 524 g/mol. The summed E-state index contributed by atoms with van der Waals surface area (Å²) in [5, 5.41) is 5.95. The molecule has 1 aliphatic rings. The molecule has 1 saturated carbocycles. The van der Waals surface area contributed by atoms with Crippen molar-refractivity contribution >= 4 is 32.6 Å². The molecule has 0 N–H and O–H groups in total. The van der Waals surface area contributed by atoms with Crippen LogP contribution in [0.1, 0.15) is 69.2 Å². The molecule has 1 unspecified atom stereocenters. The normalized spacial score (nSPS) is 22.7. The van der Waals surface area contributed by atoms with Crippen LogP contribution in [0.2, 0.25) is 0 Å². The van der Waals surface area contributed by atoms with E-state index in [9.17, 15) is 4.79 Å². The van der Waals surface area contributed by atoms with Gasteiger partial charge in [-0.05, 0) is 84.7 Å². The van der Waals surface area contributed by atoms with Crippen molar-refractivity contribution in [3.05, 3.63) is 57.7 Å². The standard InChI is InChI=1S/C29H37BrN2O2/c1-18(22-7-9-26(34-6)10-8-22)11-21-13-25(33)17-29(4,16-21)19(2)12-23-14-24(30)15-27-28(23)20(3)32(5)31-27/h7-10,14-15,18-19,21H,11-13,16-17H2,1-6H3/t18-,19+,21?,29+/m1/s1. The quantitative estimate of drug-likeness (QED) is 0.323. The van der Waals surface area contributed by atoms with Gasteiger partial charge in [0.05, 0.1) is 12.6 Å². The number of aromatic nitrogens is 2. The Morgan fingerprint density at radius 2 is 1.94 bits per heavy atom. The summed E-state index contributed by atoms with van der Waals surface area (Å²) in [6, 6.07) is 12.7. The Hall–Kier alpha value is -2.14. The smallest absolute Gasteiger partial charge is 0.133 e. The number of ether oxygens (including phenoxy) is 1. The van der Waals surface area contributed by atoms with Gasteiger partial charge in [0.25, 0.3) is 0 Å².